The average molecular weight is 489 g/mol. The molecule has 0 aliphatic rings. The van der Waals surface area contributed by atoms with Crippen molar-refractivity contribution in [1.82, 2.24) is 9.80 Å². The molecular weight excluding hydrogens is 444 g/mol. The maximum Gasteiger partial charge on any atom is 0.0615 e. The van der Waals surface area contributed by atoms with Crippen molar-refractivity contribution in [2.24, 2.45) is 11.7 Å². The van der Waals surface area contributed by atoms with Gasteiger partial charge in [-0.3, -0.25) is 0 Å². The van der Waals surface area contributed by atoms with Gasteiger partial charge in [-0.05, 0) is 48.7 Å². The van der Waals surface area contributed by atoms with Crippen molar-refractivity contribution in [3.05, 3.63) is 101 Å². The summed E-state index contributed by atoms with van der Waals surface area (Å²) in [6.07, 6.45) is 10.2. The van der Waals surface area contributed by atoms with E-state index in [0.717, 1.165) is 33.9 Å². The molecule has 2 rings (SSSR count). The maximum atomic E-state index is 9.04. The molecule has 5 heteroatoms. The van der Waals surface area contributed by atoms with Crippen molar-refractivity contribution in [3.63, 3.8) is 0 Å². The quantitative estimate of drug-likeness (QED) is 0.395. The summed E-state index contributed by atoms with van der Waals surface area (Å²) >= 11 is 0. The predicted molar refractivity (Wildman–Crippen MR) is 156 cm³/mol. The van der Waals surface area contributed by atoms with E-state index in [1.807, 2.05) is 20.2 Å². The van der Waals surface area contributed by atoms with Crippen LogP contribution in [-0.4, -0.2) is 56.8 Å². The Kier molecular flexibility index (Phi) is 10.9. The highest BCUT2D eigenvalue weighted by atomic mass is 16.2. The molecular formula is C31H44N4O. The second-order valence-corrected chi connectivity index (χ2v) is 9.53. The van der Waals surface area contributed by atoms with E-state index in [-0.39, 0.29) is 18.6 Å². The number of hydrogen-bond donors (Lipinski definition) is 2. The number of rotatable bonds is 11. The number of aliphatic hydroxyl groups excluding tert-OH is 1. The van der Waals surface area contributed by atoms with Crippen LogP contribution < -0.4 is 10.6 Å². The zero-order valence-electron chi connectivity index (χ0n) is 23.2. The summed E-state index contributed by atoms with van der Waals surface area (Å²) in [5.41, 5.74) is 14.3. The number of benzene rings is 2. The first-order valence-corrected chi connectivity index (χ1v) is 12.5. The third-order valence-electron chi connectivity index (χ3n) is 6.57. The lowest BCUT2D eigenvalue weighted by atomic mass is 9.96. The van der Waals surface area contributed by atoms with E-state index in [1.165, 1.54) is 5.56 Å². The predicted octanol–water partition coefficient (Wildman–Crippen LogP) is 5.74. The number of anilines is 1. The van der Waals surface area contributed by atoms with E-state index in [4.69, 9.17) is 10.8 Å². The zero-order valence-corrected chi connectivity index (χ0v) is 23.2. The third kappa shape index (κ3) is 7.53. The molecule has 0 radical (unpaired) electrons. The van der Waals surface area contributed by atoms with E-state index in [0.29, 0.717) is 0 Å². The van der Waals surface area contributed by atoms with Crippen LogP contribution in [0, 0.1) is 5.92 Å². The molecule has 0 saturated carbocycles. The van der Waals surface area contributed by atoms with Gasteiger partial charge in [0.15, 0.2) is 0 Å². The minimum Gasteiger partial charge on any atom is -0.397 e. The third-order valence-corrected chi connectivity index (χ3v) is 6.57. The number of hydrogen-bond acceptors (Lipinski definition) is 5. The van der Waals surface area contributed by atoms with Crippen molar-refractivity contribution >= 4 is 17.5 Å². The van der Waals surface area contributed by atoms with Crippen LogP contribution in [0.1, 0.15) is 43.5 Å². The van der Waals surface area contributed by atoms with Gasteiger partial charge in [-0.15, -0.1) is 0 Å². The summed E-state index contributed by atoms with van der Waals surface area (Å²) in [7, 11) is 10.3. The van der Waals surface area contributed by atoms with Gasteiger partial charge in [0.2, 0.25) is 0 Å². The van der Waals surface area contributed by atoms with Crippen LogP contribution in [0.5, 0.6) is 0 Å². The van der Waals surface area contributed by atoms with Gasteiger partial charge < -0.3 is 25.5 Å². The van der Waals surface area contributed by atoms with Gasteiger partial charge in [-0.2, -0.15) is 0 Å². The molecule has 2 aromatic rings. The fourth-order valence-electron chi connectivity index (χ4n) is 4.19. The van der Waals surface area contributed by atoms with Crippen molar-refractivity contribution in [3.8, 4) is 0 Å². The standard InChI is InChI=1S/C31H44N4O/c1-9-28(33(4)5)19-12-23(2)31(30(32)27-17-20-29(21-18-27)34(6)7)35(8)24(3)26-15-13-25(14-16-26)11-10-22-36/h9-21,23-24,36H,22,32H2,1-8H3/b11-10+,19-12-,28-9+,31-30-. The number of likely N-dealkylation sites (N-methyl/N-ethyl adjacent to an activating group) is 1. The Balaban J connectivity index is 2.50. The Bertz CT molecular complexity index is 1080. The van der Waals surface area contributed by atoms with Crippen molar-refractivity contribution in [2.45, 2.75) is 26.8 Å². The van der Waals surface area contributed by atoms with Crippen LogP contribution in [0.4, 0.5) is 5.69 Å². The molecule has 0 aliphatic carbocycles. The Morgan fingerprint density at radius 2 is 1.56 bits per heavy atom. The lowest BCUT2D eigenvalue weighted by Crippen LogP contribution is -2.28. The highest BCUT2D eigenvalue weighted by molar-refractivity contribution is 5.68. The van der Waals surface area contributed by atoms with Crippen molar-refractivity contribution in [1.29, 1.82) is 0 Å². The molecule has 0 amide bonds. The average Bonchev–Trinajstić information content (AvgIpc) is 2.87. The summed E-state index contributed by atoms with van der Waals surface area (Å²) in [4.78, 5) is 6.48. The van der Waals surface area contributed by atoms with Crippen LogP contribution in [0.25, 0.3) is 11.8 Å². The van der Waals surface area contributed by atoms with E-state index in [9.17, 15) is 0 Å². The molecule has 3 N–H and O–H groups in total. The molecule has 2 unspecified atom stereocenters. The summed E-state index contributed by atoms with van der Waals surface area (Å²) in [6, 6.07) is 17.0. The van der Waals surface area contributed by atoms with E-state index in [2.05, 4.69) is 123 Å². The minimum atomic E-state index is 0.0397. The first kappa shape index (κ1) is 28.8. The monoisotopic (exact) mass is 488 g/mol. The SMILES string of the molecule is C/C=C(\C=C/C(C)/C(=C(/N)c1ccc(N(C)C)cc1)N(C)C(C)c1ccc(/C=C/CO)cc1)N(C)C. The number of allylic oxidation sites excluding steroid dienone is 3. The maximum absolute atomic E-state index is 9.04. The topological polar surface area (TPSA) is 56.0 Å². The van der Waals surface area contributed by atoms with Crippen molar-refractivity contribution < 1.29 is 5.11 Å². The molecule has 0 saturated heterocycles. The molecule has 194 valence electrons. The normalized spacial score (nSPS) is 14.6. The Morgan fingerprint density at radius 1 is 0.944 bits per heavy atom. The van der Waals surface area contributed by atoms with Gasteiger partial charge in [0.05, 0.1) is 18.3 Å². The summed E-state index contributed by atoms with van der Waals surface area (Å²) in [5, 5.41) is 9.04. The summed E-state index contributed by atoms with van der Waals surface area (Å²) < 4.78 is 0. The summed E-state index contributed by atoms with van der Waals surface area (Å²) in [5.74, 6) is 0.0904. The van der Waals surface area contributed by atoms with E-state index < -0.39 is 0 Å². The molecule has 0 spiro atoms. The Hall–Kier alpha value is -3.44. The summed E-state index contributed by atoms with van der Waals surface area (Å²) in [6.45, 7) is 6.49. The first-order chi connectivity index (χ1) is 17.1. The van der Waals surface area contributed by atoms with Gasteiger partial charge in [-0.1, -0.05) is 67.6 Å². The van der Waals surface area contributed by atoms with Gasteiger partial charge in [0.25, 0.3) is 0 Å². The lowest BCUT2D eigenvalue weighted by Gasteiger charge is -2.34. The molecule has 0 aromatic heterocycles. The molecule has 0 bridgehead atoms. The molecule has 2 aromatic carbocycles. The highest BCUT2D eigenvalue weighted by Crippen LogP contribution is 2.32. The fraction of sp³-hybridized carbons (Fsp3) is 0.355. The number of nitrogens with zero attached hydrogens (tertiary/aromatic N) is 3. The fourth-order valence-corrected chi connectivity index (χ4v) is 4.19. The molecule has 0 fully saturated rings. The van der Waals surface area contributed by atoms with E-state index in [1.54, 1.807) is 6.08 Å². The van der Waals surface area contributed by atoms with Crippen LogP contribution in [-0.2, 0) is 0 Å². The minimum absolute atomic E-state index is 0.0397. The van der Waals surface area contributed by atoms with Crippen LogP contribution >= 0.6 is 0 Å². The van der Waals surface area contributed by atoms with Crippen LogP contribution in [0.15, 0.2) is 84.2 Å². The second kappa shape index (κ2) is 13.6. The number of nitrogens with two attached hydrogens (primary N) is 1. The van der Waals surface area contributed by atoms with Gasteiger partial charge >= 0.3 is 0 Å². The smallest absolute Gasteiger partial charge is 0.0615 e. The Morgan fingerprint density at radius 3 is 2.06 bits per heavy atom. The van der Waals surface area contributed by atoms with Crippen LogP contribution in [0.2, 0.25) is 0 Å². The first-order valence-electron chi connectivity index (χ1n) is 12.5. The highest BCUT2D eigenvalue weighted by Gasteiger charge is 2.22. The molecule has 2 atom stereocenters. The van der Waals surface area contributed by atoms with E-state index >= 15 is 0 Å². The van der Waals surface area contributed by atoms with Gasteiger partial charge in [0, 0.05) is 58.2 Å². The zero-order chi connectivity index (χ0) is 26.8. The Labute approximate surface area is 218 Å². The second-order valence-electron chi connectivity index (χ2n) is 9.53. The van der Waals surface area contributed by atoms with Crippen molar-refractivity contribution in [2.75, 3.05) is 46.7 Å². The van der Waals surface area contributed by atoms with Gasteiger partial charge in [0.1, 0.15) is 0 Å². The number of aliphatic hydroxyl groups is 1. The molecule has 5 nitrogen and oxygen atoms in total. The molecule has 36 heavy (non-hydrogen) atoms. The molecule has 0 aliphatic heterocycles. The van der Waals surface area contributed by atoms with Crippen LogP contribution in [0.3, 0.4) is 0 Å². The largest absolute Gasteiger partial charge is 0.397 e. The van der Waals surface area contributed by atoms with Gasteiger partial charge in [-0.25, -0.2) is 0 Å². The lowest BCUT2D eigenvalue weighted by molar-refractivity contribution is 0.308. The molecule has 0 heterocycles.